The van der Waals surface area contributed by atoms with Crippen molar-refractivity contribution in [2.45, 2.75) is 24.8 Å². The normalized spacial score (nSPS) is 13.0. The number of ether oxygens (including phenoxy) is 1. The third kappa shape index (κ3) is 5.58. The van der Waals surface area contributed by atoms with Gasteiger partial charge in [0.15, 0.2) is 0 Å². The summed E-state index contributed by atoms with van der Waals surface area (Å²) < 4.78 is 106. The molecule has 0 spiro atoms. The van der Waals surface area contributed by atoms with Crippen LogP contribution in [-0.2, 0) is 6.61 Å². The van der Waals surface area contributed by atoms with Gasteiger partial charge >= 0.3 is 18.1 Å². The first kappa shape index (κ1) is 22.9. The van der Waals surface area contributed by atoms with E-state index in [0.717, 1.165) is 0 Å². The largest absolute Gasteiger partial charge is 0.488 e. The van der Waals surface area contributed by atoms with Crippen molar-refractivity contribution in [3.63, 3.8) is 0 Å². The maximum atomic E-state index is 13.1. The van der Waals surface area contributed by atoms with Crippen molar-refractivity contribution in [3.8, 4) is 5.75 Å². The molecule has 0 aliphatic heterocycles. The van der Waals surface area contributed by atoms with Crippen LogP contribution in [0.1, 0.15) is 11.1 Å². The predicted molar refractivity (Wildman–Crippen MR) is 91.6 cm³/mol. The fourth-order valence-electron chi connectivity index (χ4n) is 1.89. The quantitative estimate of drug-likeness (QED) is 0.227. The minimum Gasteiger partial charge on any atom is -0.488 e. The van der Waals surface area contributed by atoms with E-state index in [4.69, 9.17) is 4.74 Å². The molecule has 0 saturated heterocycles. The third-order valence-corrected chi connectivity index (χ3v) is 4.05. The van der Waals surface area contributed by atoms with Gasteiger partial charge < -0.3 is 4.74 Å². The molecule has 0 heterocycles. The highest BCUT2D eigenvalue weighted by molar-refractivity contribution is 9.10. The van der Waals surface area contributed by atoms with Crippen molar-refractivity contribution in [2.24, 2.45) is 5.10 Å². The lowest BCUT2D eigenvalue weighted by molar-refractivity contribution is -0.361. The van der Waals surface area contributed by atoms with E-state index in [1.54, 1.807) is 0 Å². The zero-order valence-corrected chi connectivity index (χ0v) is 15.7. The van der Waals surface area contributed by atoms with E-state index < -0.39 is 24.0 Å². The summed E-state index contributed by atoms with van der Waals surface area (Å²) in [6.07, 6.45) is -5.82. The van der Waals surface area contributed by atoms with Gasteiger partial charge in [0.05, 0.1) is 10.7 Å². The second-order valence-electron chi connectivity index (χ2n) is 5.62. The van der Waals surface area contributed by atoms with E-state index >= 15 is 0 Å². The van der Waals surface area contributed by atoms with Crippen LogP contribution in [0, 0.1) is 5.82 Å². The SMILES string of the molecule is Fc1ccc(COc2ccc(/C=N/NC(F)(F)C(F)(F)C(F)(F)F)cc2Br)cc1. The summed E-state index contributed by atoms with van der Waals surface area (Å²) in [6, 6.07) is 3.87. The Kier molecular flexibility index (Phi) is 6.76. The zero-order chi connectivity index (χ0) is 21.9. The number of benzene rings is 2. The Hall–Kier alpha value is -2.37. The molecule has 3 nitrogen and oxygen atoms in total. The Morgan fingerprint density at radius 2 is 1.59 bits per heavy atom. The lowest BCUT2D eigenvalue weighted by Gasteiger charge is -2.27. The molecular weight excluding hydrogens is 480 g/mol. The Morgan fingerprint density at radius 1 is 0.966 bits per heavy atom. The fraction of sp³-hybridized carbons (Fsp3) is 0.235. The first-order chi connectivity index (χ1) is 13.3. The van der Waals surface area contributed by atoms with Gasteiger partial charge in [-0.15, -0.1) is 0 Å². The molecule has 0 amide bonds. The molecule has 12 heteroatoms. The molecule has 0 fully saturated rings. The molecule has 2 aromatic rings. The fourth-order valence-corrected chi connectivity index (χ4v) is 2.40. The van der Waals surface area contributed by atoms with E-state index in [2.05, 4.69) is 21.0 Å². The number of nitrogens with one attached hydrogen (secondary N) is 1. The van der Waals surface area contributed by atoms with Crippen molar-refractivity contribution >= 4 is 22.1 Å². The van der Waals surface area contributed by atoms with Crippen LogP contribution in [0.15, 0.2) is 52.0 Å². The van der Waals surface area contributed by atoms with Crippen LogP contribution in [0.3, 0.4) is 0 Å². The summed E-state index contributed by atoms with van der Waals surface area (Å²) in [6.45, 7) is 0.0899. The molecular formula is C17H11BrF8N2O. The number of hydrazone groups is 1. The van der Waals surface area contributed by atoms with Gasteiger partial charge in [-0.05, 0) is 57.4 Å². The molecule has 158 valence electrons. The zero-order valence-electron chi connectivity index (χ0n) is 14.1. The van der Waals surface area contributed by atoms with Gasteiger partial charge in [-0.1, -0.05) is 12.1 Å². The maximum Gasteiger partial charge on any atom is 0.462 e. The smallest absolute Gasteiger partial charge is 0.462 e. The van der Waals surface area contributed by atoms with Crippen LogP contribution in [0.4, 0.5) is 35.1 Å². The maximum absolute atomic E-state index is 13.1. The van der Waals surface area contributed by atoms with Crippen LogP contribution in [-0.4, -0.2) is 24.4 Å². The second-order valence-corrected chi connectivity index (χ2v) is 6.48. The van der Waals surface area contributed by atoms with Gasteiger partial charge in [-0.25, -0.2) is 9.82 Å². The average Bonchev–Trinajstić information content (AvgIpc) is 2.61. The third-order valence-electron chi connectivity index (χ3n) is 3.43. The van der Waals surface area contributed by atoms with Crippen LogP contribution >= 0.6 is 15.9 Å². The van der Waals surface area contributed by atoms with Crippen molar-refractivity contribution < 1.29 is 39.9 Å². The summed E-state index contributed by atoms with van der Waals surface area (Å²) in [5.41, 5.74) is 1.30. The predicted octanol–water partition coefficient (Wildman–Crippen LogP) is 5.88. The standard InChI is InChI=1S/C17H11BrF8N2O/c18-13-7-11(8-27-28-17(25,26)15(20,21)16(22,23)24)3-6-14(13)29-9-10-1-4-12(19)5-2-10/h1-8,28H,9H2/b27-8+. The molecule has 0 bridgehead atoms. The Morgan fingerprint density at radius 3 is 2.14 bits per heavy atom. The van der Waals surface area contributed by atoms with Crippen LogP contribution < -0.4 is 10.2 Å². The van der Waals surface area contributed by atoms with Gasteiger partial charge in [0, 0.05) is 0 Å². The Labute approximate surface area is 167 Å². The highest BCUT2D eigenvalue weighted by Crippen LogP contribution is 2.45. The van der Waals surface area contributed by atoms with E-state index in [1.807, 2.05) is 0 Å². The second kappa shape index (κ2) is 8.56. The molecule has 0 saturated carbocycles. The lowest BCUT2D eigenvalue weighted by Crippen LogP contribution is -2.58. The topological polar surface area (TPSA) is 33.6 Å². The summed E-state index contributed by atoms with van der Waals surface area (Å²) in [5.74, 6) is -6.41. The van der Waals surface area contributed by atoms with Gasteiger partial charge in [-0.2, -0.15) is 35.8 Å². The van der Waals surface area contributed by atoms with Crippen LogP contribution in [0.25, 0.3) is 0 Å². The number of alkyl halides is 7. The van der Waals surface area contributed by atoms with E-state index in [0.29, 0.717) is 27.4 Å². The van der Waals surface area contributed by atoms with Crippen molar-refractivity contribution in [1.82, 2.24) is 5.43 Å². The summed E-state index contributed by atoms with van der Waals surface area (Å²) in [7, 11) is 0. The molecule has 29 heavy (non-hydrogen) atoms. The first-order valence-corrected chi connectivity index (χ1v) is 8.42. The van der Waals surface area contributed by atoms with Gasteiger partial charge in [0.2, 0.25) is 0 Å². The molecule has 0 aliphatic rings. The monoisotopic (exact) mass is 490 g/mol. The van der Waals surface area contributed by atoms with Crippen LogP contribution in [0.2, 0.25) is 0 Å². The van der Waals surface area contributed by atoms with Gasteiger partial charge in [0.25, 0.3) is 0 Å². The van der Waals surface area contributed by atoms with Crippen molar-refractivity contribution in [2.75, 3.05) is 0 Å². The number of hydrogen-bond acceptors (Lipinski definition) is 3. The molecule has 1 N–H and O–H groups in total. The average molecular weight is 491 g/mol. The molecule has 2 rings (SSSR count). The highest BCUT2D eigenvalue weighted by atomic mass is 79.9. The number of halogens is 9. The van der Waals surface area contributed by atoms with Gasteiger partial charge in [0.1, 0.15) is 18.2 Å². The summed E-state index contributed by atoms with van der Waals surface area (Å²) >= 11 is 3.14. The van der Waals surface area contributed by atoms with Gasteiger partial charge in [-0.3, -0.25) is 0 Å². The lowest BCUT2D eigenvalue weighted by atomic mass is 10.2. The van der Waals surface area contributed by atoms with Crippen LogP contribution in [0.5, 0.6) is 5.75 Å². The number of rotatable bonds is 7. The van der Waals surface area contributed by atoms with Crippen molar-refractivity contribution in [3.05, 3.63) is 63.9 Å². The molecule has 0 aromatic heterocycles. The van der Waals surface area contributed by atoms with E-state index in [1.165, 1.54) is 42.5 Å². The Bertz CT molecular complexity index is 869. The minimum absolute atomic E-state index is 0.0899. The number of nitrogens with zero attached hydrogens (tertiary/aromatic N) is 1. The minimum atomic E-state index is -6.45. The Balaban J connectivity index is 2.02. The summed E-state index contributed by atoms with van der Waals surface area (Å²) in [5, 5.41) is 2.76. The van der Waals surface area contributed by atoms with E-state index in [9.17, 15) is 35.1 Å². The molecule has 0 radical (unpaired) electrons. The van der Waals surface area contributed by atoms with Crippen molar-refractivity contribution in [1.29, 1.82) is 0 Å². The molecule has 0 unspecified atom stereocenters. The molecule has 0 atom stereocenters. The first-order valence-electron chi connectivity index (χ1n) is 7.63. The van der Waals surface area contributed by atoms with E-state index in [-0.39, 0.29) is 12.2 Å². The number of hydrogen-bond donors (Lipinski definition) is 1. The summed E-state index contributed by atoms with van der Waals surface area (Å²) in [4.78, 5) is 0. The molecule has 2 aromatic carbocycles. The highest BCUT2D eigenvalue weighted by Gasteiger charge is 2.73. The molecule has 0 aliphatic carbocycles.